The van der Waals surface area contributed by atoms with Gasteiger partial charge in [0.15, 0.2) is 5.82 Å². The molecule has 0 radical (unpaired) electrons. The molecule has 0 amide bonds. The van der Waals surface area contributed by atoms with Gasteiger partial charge < -0.3 is 9.63 Å². The van der Waals surface area contributed by atoms with Gasteiger partial charge >= 0.3 is 5.97 Å². The number of aromatic nitrogens is 2. The monoisotopic (exact) mass is 328 g/mol. The number of aliphatic carboxylic acids is 1. The normalized spacial score (nSPS) is 33.8. The molecule has 21 heavy (non-hydrogen) atoms. The number of carbonyl (C=O) groups is 1. The van der Waals surface area contributed by atoms with Gasteiger partial charge in [-0.1, -0.05) is 24.9 Å². The Morgan fingerprint density at radius 1 is 1.29 bits per heavy atom. The number of carboxylic acid groups (broad SMARTS) is 1. The second kappa shape index (κ2) is 6.60. The molecule has 1 aromatic heterocycles. The van der Waals surface area contributed by atoms with Crippen LogP contribution in [0.2, 0.25) is 0 Å². The van der Waals surface area contributed by atoms with Crippen LogP contribution in [0.5, 0.6) is 0 Å². The van der Waals surface area contributed by atoms with E-state index in [0.717, 1.165) is 36.6 Å². The van der Waals surface area contributed by atoms with Gasteiger partial charge in [0.1, 0.15) is 0 Å². The van der Waals surface area contributed by atoms with Crippen molar-refractivity contribution in [3.63, 3.8) is 0 Å². The topological polar surface area (TPSA) is 76.2 Å². The van der Waals surface area contributed by atoms with Crippen LogP contribution in [0.4, 0.5) is 0 Å². The zero-order valence-corrected chi connectivity index (χ0v) is 13.7. The maximum atomic E-state index is 11.4. The van der Waals surface area contributed by atoms with Gasteiger partial charge in [-0.15, -0.1) is 11.8 Å². The summed E-state index contributed by atoms with van der Waals surface area (Å²) in [4.78, 5) is 16.0. The van der Waals surface area contributed by atoms with Crippen molar-refractivity contribution in [3.05, 3.63) is 11.7 Å². The van der Waals surface area contributed by atoms with Crippen molar-refractivity contribution in [2.75, 3.05) is 11.5 Å². The number of carboxylic acids is 1. The van der Waals surface area contributed by atoms with Crippen LogP contribution >= 0.6 is 23.5 Å². The predicted molar refractivity (Wildman–Crippen MR) is 83.8 cm³/mol. The van der Waals surface area contributed by atoms with Crippen molar-refractivity contribution in [1.82, 2.24) is 10.1 Å². The molecule has 1 aliphatic carbocycles. The first-order chi connectivity index (χ1) is 10.2. The first kappa shape index (κ1) is 15.2. The molecular formula is C14H20N2O3S2. The minimum atomic E-state index is -0.740. The third kappa shape index (κ3) is 3.23. The lowest BCUT2D eigenvalue weighted by molar-refractivity contribution is -0.143. The van der Waals surface area contributed by atoms with Crippen LogP contribution in [0.3, 0.4) is 0 Å². The molecule has 5 nitrogen and oxygen atoms in total. The molecular weight excluding hydrogens is 308 g/mol. The minimum Gasteiger partial charge on any atom is -0.481 e. The maximum absolute atomic E-state index is 11.4. The second-order valence-electron chi connectivity index (χ2n) is 5.69. The number of hydrogen-bond acceptors (Lipinski definition) is 6. The summed E-state index contributed by atoms with van der Waals surface area (Å²) < 4.78 is 5.44. The van der Waals surface area contributed by atoms with Crippen LogP contribution < -0.4 is 0 Å². The van der Waals surface area contributed by atoms with Gasteiger partial charge in [-0.2, -0.15) is 16.7 Å². The summed E-state index contributed by atoms with van der Waals surface area (Å²) in [6, 6.07) is 0. The Hall–Kier alpha value is -0.690. The van der Waals surface area contributed by atoms with E-state index in [4.69, 9.17) is 4.52 Å². The number of nitrogens with zero attached hydrogens (tertiary/aromatic N) is 2. The van der Waals surface area contributed by atoms with Crippen molar-refractivity contribution >= 4 is 29.5 Å². The van der Waals surface area contributed by atoms with Crippen molar-refractivity contribution in [1.29, 1.82) is 0 Å². The fraction of sp³-hybridized carbons (Fsp3) is 0.786. The SMILES string of the molecule is CC1SCCSC1c1noc(C2CCCCC2C(=O)O)n1. The second-order valence-corrected chi connectivity index (χ2v) is 8.43. The van der Waals surface area contributed by atoms with Gasteiger partial charge in [0.05, 0.1) is 17.1 Å². The van der Waals surface area contributed by atoms with Gasteiger partial charge in [0.25, 0.3) is 0 Å². The highest BCUT2D eigenvalue weighted by Gasteiger charge is 2.37. The standard InChI is InChI=1S/C14H20N2O3S2/c1-8-11(21-7-6-20-8)12-15-13(19-16-12)9-4-2-3-5-10(9)14(17)18/h8-11H,2-7H2,1H3,(H,17,18). The van der Waals surface area contributed by atoms with E-state index < -0.39 is 5.97 Å². The predicted octanol–water partition coefficient (Wildman–Crippen LogP) is 3.34. The summed E-state index contributed by atoms with van der Waals surface area (Å²) in [6.45, 7) is 2.19. The highest BCUT2D eigenvalue weighted by atomic mass is 32.2. The average Bonchev–Trinajstić information content (AvgIpc) is 2.97. The molecule has 3 rings (SSSR count). The fourth-order valence-corrected chi connectivity index (χ4v) is 5.83. The molecule has 2 aliphatic rings. The highest BCUT2D eigenvalue weighted by molar-refractivity contribution is 8.06. The summed E-state index contributed by atoms with van der Waals surface area (Å²) in [5, 5.41) is 14.2. The molecule has 0 bridgehead atoms. The quantitative estimate of drug-likeness (QED) is 0.912. The first-order valence-electron chi connectivity index (χ1n) is 7.46. The molecule has 1 aromatic rings. The highest BCUT2D eigenvalue weighted by Crippen LogP contribution is 2.43. The molecule has 1 saturated heterocycles. The van der Waals surface area contributed by atoms with E-state index in [2.05, 4.69) is 17.1 Å². The van der Waals surface area contributed by atoms with Gasteiger partial charge in [-0.25, -0.2) is 0 Å². The lowest BCUT2D eigenvalue weighted by atomic mass is 9.79. The molecule has 7 heteroatoms. The maximum Gasteiger partial charge on any atom is 0.307 e. The van der Waals surface area contributed by atoms with E-state index in [1.165, 1.54) is 0 Å². The summed E-state index contributed by atoms with van der Waals surface area (Å²) >= 11 is 3.80. The molecule has 0 aromatic carbocycles. The Balaban J connectivity index is 1.78. The summed E-state index contributed by atoms with van der Waals surface area (Å²) in [6.07, 6.45) is 3.56. The fourth-order valence-electron chi connectivity index (χ4n) is 3.15. The largest absolute Gasteiger partial charge is 0.481 e. The van der Waals surface area contributed by atoms with Gasteiger partial charge in [-0.05, 0) is 12.8 Å². The lowest BCUT2D eigenvalue weighted by Gasteiger charge is -2.26. The Bertz CT molecular complexity index is 508. The third-order valence-electron chi connectivity index (χ3n) is 4.30. The lowest BCUT2D eigenvalue weighted by Crippen LogP contribution is -2.25. The van der Waals surface area contributed by atoms with E-state index in [1.54, 1.807) is 0 Å². The summed E-state index contributed by atoms with van der Waals surface area (Å²) in [7, 11) is 0. The van der Waals surface area contributed by atoms with E-state index in [-0.39, 0.29) is 17.1 Å². The van der Waals surface area contributed by atoms with Crippen molar-refractivity contribution in [3.8, 4) is 0 Å². The smallest absolute Gasteiger partial charge is 0.307 e. The van der Waals surface area contributed by atoms with Crippen LogP contribution in [-0.4, -0.2) is 38.0 Å². The Morgan fingerprint density at radius 2 is 2.05 bits per heavy atom. The molecule has 0 spiro atoms. The van der Waals surface area contributed by atoms with Crippen LogP contribution in [-0.2, 0) is 4.79 Å². The zero-order chi connectivity index (χ0) is 14.8. The Labute approximate surface area is 132 Å². The Morgan fingerprint density at radius 3 is 2.81 bits per heavy atom. The molecule has 116 valence electrons. The van der Waals surface area contributed by atoms with Crippen molar-refractivity contribution < 1.29 is 14.4 Å². The van der Waals surface area contributed by atoms with Crippen molar-refractivity contribution in [2.24, 2.45) is 5.92 Å². The van der Waals surface area contributed by atoms with Crippen molar-refractivity contribution in [2.45, 2.75) is 49.0 Å². The van der Waals surface area contributed by atoms with E-state index in [0.29, 0.717) is 17.6 Å². The van der Waals surface area contributed by atoms with Crippen LogP contribution in [0.25, 0.3) is 0 Å². The number of hydrogen-bond donors (Lipinski definition) is 1. The minimum absolute atomic E-state index is 0.117. The molecule has 1 N–H and O–H groups in total. The van der Waals surface area contributed by atoms with Gasteiger partial charge in [-0.3, -0.25) is 4.79 Å². The zero-order valence-electron chi connectivity index (χ0n) is 12.0. The Kier molecular flexibility index (Phi) is 4.78. The molecule has 4 atom stereocenters. The van der Waals surface area contributed by atoms with Gasteiger partial charge in [0, 0.05) is 16.8 Å². The average molecular weight is 328 g/mol. The van der Waals surface area contributed by atoms with Crippen LogP contribution in [0, 0.1) is 5.92 Å². The first-order valence-corrected chi connectivity index (χ1v) is 9.56. The van der Waals surface area contributed by atoms with E-state index in [1.807, 2.05) is 23.5 Å². The van der Waals surface area contributed by atoms with E-state index in [9.17, 15) is 9.90 Å². The molecule has 2 heterocycles. The molecule has 2 fully saturated rings. The summed E-state index contributed by atoms with van der Waals surface area (Å²) in [5.41, 5.74) is 0. The van der Waals surface area contributed by atoms with Crippen LogP contribution in [0.1, 0.15) is 55.5 Å². The molecule has 1 saturated carbocycles. The number of thioether (sulfide) groups is 2. The molecule has 4 unspecified atom stereocenters. The summed E-state index contributed by atoms with van der Waals surface area (Å²) in [5.74, 6) is 2.30. The van der Waals surface area contributed by atoms with Crippen LogP contribution in [0.15, 0.2) is 4.52 Å². The molecule has 1 aliphatic heterocycles. The number of rotatable bonds is 3. The third-order valence-corrected chi connectivity index (χ3v) is 7.39. The van der Waals surface area contributed by atoms with E-state index >= 15 is 0 Å². The van der Waals surface area contributed by atoms with Gasteiger partial charge in [0.2, 0.25) is 5.89 Å².